The summed E-state index contributed by atoms with van der Waals surface area (Å²) in [5, 5.41) is 0. The van der Waals surface area contributed by atoms with E-state index >= 15 is 0 Å². The highest BCUT2D eigenvalue weighted by atomic mass is 16.1. The van der Waals surface area contributed by atoms with Crippen LogP contribution in [0.4, 0.5) is 0 Å². The molecule has 1 aromatic carbocycles. The number of nitrogens with zero attached hydrogens (tertiary/aromatic N) is 1. The summed E-state index contributed by atoms with van der Waals surface area (Å²) in [7, 11) is 0. The van der Waals surface area contributed by atoms with Crippen LogP contribution in [0.15, 0.2) is 30.3 Å². The number of Topliss-reactive ketones (excluding diaryl/α,β-unsaturated/α-hetero) is 1. The molecule has 0 amide bonds. The Hall–Kier alpha value is -1.15. The fraction of sp³-hybridized carbons (Fsp3) is 0.533. The summed E-state index contributed by atoms with van der Waals surface area (Å²) in [6, 6.07) is 10.2. The van der Waals surface area contributed by atoms with Gasteiger partial charge < -0.3 is 4.90 Å². The number of hydrogen-bond acceptors (Lipinski definition) is 2. The van der Waals surface area contributed by atoms with Crippen molar-refractivity contribution in [2.24, 2.45) is 0 Å². The van der Waals surface area contributed by atoms with Crippen molar-refractivity contribution in [2.75, 3.05) is 13.1 Å². The number of ketones is 1. The molecule has 1 saturated heterocycles. The third kappa shape index (κ3) is 3.40. The molecule has 2 heteroatoms. The number of hydrogen-bond donors (Lipinski definition) is 0. The van der Waals surface area contributed by atoms with E-state index in [1.807, 2.05) is 30.3 Å². The second-order valence-corrected chi connectivity index (χ2v) is 4.92. The van der Waals surface area contributed by atoms with Gasteiger partial charge in [-0.25, -0.2) is 0 Å². The zero-order chi connectivity index (χ0) is 12.1. The van der Waals surface area contributed by atoms with Gasteiger partial charge in [0.25, 0.3) is 0 Å². The van der Waals surface area contributed by atoms with Gasteiger partial charge in [0.1, 0.15) is 0 Å². The van der Waals surface area contributed by atoms with Crippen molar-refractivity contribution in [1.29, 1.82) is 0 Å². The Morgan fingerprint density at radius 3 is 2.53 bits per heavy atom. The lowest BCUT2D eigenvalue weighted by atomic mass is 10.0. The Labute approximate surface area is 104 Å². The third-order valence-corrected chi connectivity index (χ3v) is 3.65. The van der Waals surface area contributed by atoms with Crippen LogP contribution in [0.2, 0.25) is 0 Å². The number of carbonyl (C=O) groups excluding carboxylic acids is 1. The number of carbonyl (C=O) groups is 1. The van der Waals surface area contributed by atoms with E-state index in [0.717, 1.165) is 12.0 Å². The second kappa shape index (κ2) is 5.97. The standard InChI is InChI=1S/C15H21NO/c1-13(16-11-5-6-12-16)9-10-15(17)14-7-3-2-4-8-14/h2-4,7-8,13H,5-6,9-12H2,1H3. The Balaban J connectivity index is 1.80. The Morgan fingerprint density at radius 1 is 1.24 bits per heavy atom. The van der Waals surface area contributed by atoms with E-state index in [1.165, 1.54) is 25.9 Å². The zero-order valence-electron chi connectivity index (χ0n) is 10.6. The van der Waals surface area contributed by atoms with Gasteiger partial charge in [-0.2, -0.15) is 0 Å². The van der Waals surface area contributed by atoms with Crippen LogP contribution in [0.1, 0.15) is 43.0 Å². The molecule has 2 nitrogen and oxygen atoms in total. The minimum absolute atomic E-state index is 0.275. The minimum Gasteiger partial charge on any atom is -0.301 e. The highest BCUT2D eigenvalue weighted by molar-refractivity contribution is 5.95. The van der Waals surface area contributed by atoms with Crippen LogP contribution in [0.3, 0.4) is 0 Å². The first-order valence-corrected chi connectivity index (χ1v) is 6.59. The molecule has 0 aliphatic carbocycles. The van der Waals surface area contributed by atoms with Crippen molar-refractivity contribution >= 4 is 5.78 Å². The van der Waals surface area contributed by atoms with E-state index in [1.54, 1.807) is 0 Å². The van der Waals surface area contributed by atoms with Crippen LogP contribution < -0.4 is 0 Å². The van der Waals surface area contributed by atoms with Crippen molar-refractivity contribution in [3.05, 3.63) is 35.9 Å². The van der Waals surface area contributed by atoms with Gasteiger partial charge in [-0.15, -0.1) is 0 Å². The maximum atomic E-state index is 11.9. The van der Waals surface area contributed by atoms with E-state index in [9.17, 15) is 4.79 Å². The molecule has 0 bridgehead atoms. The molecule has 1 aliphatic heterocycles. The lowest BCUT2D eigenvalue weighted by Gasteiger charge is -2.23. The summed E-state index contributed by atoms with van der Waals surface area (Å²) in [6.45, 7) is 4.66. The molecule has 92 valence electrons. The van der Waals surface area contributed by atoms with E-state index < -0.39 is 0 Å². The van der Waals surface area contributed by atoms with Gasteiger partial charge in [-0.05, 0) is 39.3 Å². The van der Waals surface area contributed by atoms with Crippen LogP contribution in [0.5, 0.6) is 0 Å². The van der Waals surface area contributed by atoms with Gasteiger partial charge in [-0.1, -0.05) is 30.3 Å². The van der Waals surface area contributed by atoms with Gasteiger partial charge >= 0.3 is 0 Å². The van der Waals surface area contributed by atoms with Crippen LogP contribution in [0, 0.1) is 0 Å². The molecular weight excluding hydrogens is 210 g/mol. The fourth-order valence-electron chi connectivity index (χ4n) is 2.47. The van der Waals surface area contributed by atoms with E-state index in [-0.39, 0.29) is 5.78 Å². The second-order valence-electron chi connectivity index (χ2n) is 4.92. The summed E-state index contributed by atoms with van der Waals surface area (Å²) in [4.78, 5) is 14.4. The lowest BCUT2D eigenvalue weighted by molar-refractivity contribution is 0.0967. The Bertz CT molecular complexity index is 354. The highest BCUT2D eigenvalue weighted by Crippen LogP contribution is 2.16. The summed E-state index contributed by atoms with van der Waals surface area (Å²) >= 11 is 0. The van der Waals surface area contributed by atoms with E-state index in [4.69, 9.17) is 0 Å². The lowest BCUT2D eigenvalue weighted by Crippen LogP contribution is -2.30. The Morgan fingerprint density at radius 2 is 1.88 bits per heavy atom. The number of rotatable bonds is 5. The van der Waals surface area contributed by atoms with E-state index in [0.29, 0.717) is 12.5 Å². The predicted molar refractivity (Wildman–Crippen MR) is 70.3 cm³/mol. The van der Waals surface area contributed by atoms with Crippen LogP contribution in [-0.2, 0) is 0 Å². The summed E-state index contributed by atoms with van der Waals surface area (Å²) in [5.74, 6) is 0.275. The molecule has 0 N–H and O–H groups in total. The highest BCUT2D eigenvalue weighted by Gasteiger charge is 2.18. The number of benzene rings is 1. The Kier molecular flexibility index (Phi) is 4.32. The maximum absolute atomic E-state index is 11.9. The van der Waals surface area contributed by atoms with Crippen molar-refractivity contribution in [2.45, 2.75) is 38.6 Å². The minimum atomic E-state index is 0.275. The first-order valence-electron chi connectivity index (χ1n) is 6.59. The molecule has 0 radical (unpaired) electrons. The summed E-state index contributed by atoms with van der Waals surface area (Å²) < 4.78 is 0. The predicted octanol–water partition coefficient (Wildman–Crippen LogP) is 3.13. The monoisotopic (exact) mass is 231 g/mol. The average molecular weight is 231 g/mol. The molecule has 1 atom stereocenters. The summed E-state index contributed by atoms with van der Waals surface area (Å²) in [5.41, 5.74) is 0.848. The topological polar surface area (TPSA) is 20.3 Å². The summed E-state index contributed by atoms with van der Waals surface area (Å²) in [6.07, 6.45) is 4.28. The molecule has 17 heavy (non-hydrogen) atoms. The molecule has 2 rings (SSSR count). The third-order valence-electron chi connectivity index (χ3n) is 3.65. The van der Waals surface area contributed by atoms with E-state index in [2.05, 4.69) is 11.8 Å². The SMILES string of the molecule is CC(CCC(=O)c1ccccc1)N1CCCC1. The molecule has 1 aliphatic rings. The molecule has 1 unspecified atom stereocenters. The smallest absolute Gasteiger partial charge is 0.162 e. The quantitative estimate of drug-likeness (QED) is 0.726. The number of likely N-dealkylation sites (tertiary alicyclic amines) is 1. The van der Waals surface area contributed by atoms with Gasteiger partial charge in [0, 0.05) is 18.0 Å². The molecule has 0 saturated carbocycles. The normalized spacial score (nSPS) is 18.2. The molecule has 0 spiro atoms. The van der Waals surface area contributed by atoms with Crippen LogP contribution >= 0.6 is 0 Å². The van der Waals surface area contributed by atoms with Gasteiger partial charge in [0.05, 0.1) is 0 Å². The average Bonchev–Trinajstić information content (AvgIpc) is 2.90. The molecule has 1 aromatic rings. The van der Waals surface area contributed by atoms with Crippen molar-refractivity contribution in [3.63, 3.8) is 0 Å². The fourth-order valence-corrected chi connectivity index (χ4v) is 2.47. The van der Waals surface area contributed by atoms with Crippen molar-refractivity contribution in [1.82, 2.24) is 4.90 Å². The van der Waals surface area contributed by atoms with Crippen LogP contribution in [0.25, 0.3) is 0 Å². The van der Waals surface area contributed by atoms with Gasteiger partial charge in [-0.3, -0.25) is 4.79 Å². The molecule has 0 aromatic heterocycles. The van der Waals surface area contributed by atoms with Crippen molar-refractivity contribution in [3.8, 4) is 0 Å². The first-order chi connectivity index (χ1) is 8.27. The zero-order valence-corrected chi connectivity index (χ0v) is 10.6. The van der Waals surface area contributed by atoms with Gasteiger partial charge in [0.2, 0.25) is 0 Å². The molecule has 1 heterocycles. The maximum Gasteiger partial charge on any atom is 0.162 e. The van der Waals surface area contributed by atoms with Crippen molar-refractivity contribution < 1.29 is 4.79 Å². The van der Waals surface area contributed by atoms with Gasteiger partial charge in [0.15, 0.2) is 5.78 Å². The van der Waals surface area contributed by atoms with Crippen LogP contribution in [-0.4, -0.2) is 29.8 Å². The molecule has 1 fully saturated rings. The first kappa shape index (κ1) is 12.3. The molecular formula is C15H21NO. The largest absolute Gasteiger partial charge is 0.301 e.